The number of aromatic carboxylic acids is 1. The summed E-state index contributed by atoms with van der Waals surface area (Å²) in [7, 11) is 0. The molecule has 3 rings (SSSR count). The van der Waals surface area contributed by atoms with Crippen molar-refractivity contribution in [3.05, 3.63) is 53.6 Å². The first-order chi connectivity index (χ1) is 10.2. The van der Waals surface area contributed by atoms with Gasteiger partial charge in [0.25, 0.3) is 0 Å². The quantitative estimate of drug-likeness (QED) is 0.904. The van der Waals surface area contributed by atoms with Gasteiger partial charge in [-0.05, 0) is 29.8 Å². The van der Waals surface area contributed by atoms with Crippen LogP contribution in [0, 0.1) is 0 Å². The Morgan fingerprint density at radius 2 is 1.90 bits per heavy atom. The fraction of sp³-hybridized carbons (Fsp3) is 0.188. The van der Waals surface area contributed by atoms with Crippen LogP contribution in [0.4, 0.5) is 5.69 Å². The summed E-state index contributed by atoms with van der Waals surface area (Å²) in [6, 6.07) is 12.5. The second-order valence-electron chi connectivity index (χ2n) is 4.72. The highest BCUT2D eigenvalue weighted by Crippen LogP contribution is 2.32. The summed E-state index contributed by atoms with van der Waals surface area (Å²) in [6.45, 7) is 1.67. The highest BCUT2D eigenvalue weighted by atomic mass is 16.6. The summed E-state index contributed by atoms with van der Waals surface area (Å²) in [5.74, 6) is 0.557. The minimum atomic E-state index is -0.920. The standard InChI is InChI=1S/C16H15NO4/c18-16(19)12-3-1-2-11(8-12)10-17-13-4-5-14-15(9-13)21-7-6-20-14/h1-5,8-9,17H,6-7,10H2,(H,18,19). The predicted octanol–water partition coefficient (Wildman–Crippen LogP) is 2.77. The van der Waals surface area contributed by atoms with Crippen molar-refractivity contribution in [3.63, 3.8) is 0 Å². The van der Waals surface area contributed by atoms with Crippen LogP contribution in [0.15, 0.2) is 42.5 Å². The molecule has 0 unspecified atom stereocenters. The molecule has 1 aliphatic rings. The first kappa shape index (κ1) is 13.3. The molecule has 1 heterocycles. The molecule has 0 saturated heterocycles. The van der Waals surface area contributed by atoms with E-state index in [1.54, 1.807) is 18.2 Å². The van der Waals surface area contributed by atoms with Crippen molar-refractivity contribution in [2.75, 3.05) is 18.5 Å². The largest absolute Gasteiger partial charge is 0.486 e. The van der Waals surface area contributed by atoms with E-state index in [4.69, 9.17) is 14.6 Å². The van der Waals surface area contributed by atoms with Gasteiger partial charge in [0, 0.05) is 18.3 Å². The van der Waals surface area contributed by atoms with Gasteiger partial charge in [0.2, 0.25) is 0 Å². The predicted molar refractivity (Wildman–Crippen MR) is 78.2 cm³/mol. The molecule has 2 aromatic carbocycles. The van der Waals surface area contributed by atoms with Gasteiger partial charge < -0.3 is 19.9 Å². The molecule has 0 amide bonds. The topological polar surface area (TPSA) is 67.8 Å². The average Bonchev–Trinajstić information content (AvgIpc) is 2.53. The van der Waals surface area contributed by atoms with Gasteiger partial charge in [-0.15, -0.1) is 0 Å². The SMILES string of the molecule is O=C(O)c1cccc(CNc2ccc3c(c2)OCCO3)c1. The van der Waals surface area contributed by atoms with Crippen molar-refractivity contribution in [2.45, 2.75) is 6.54 Å². The van der Waals surface area contributed by atoms with Gasteiger partial charge in [0.05, 0.1) is 5.56 Å². The Hall–Kier alpha value is -2.69. The van der Waals surface area contributed by atoms with Crippen LogP contribution in [-0.4, -0.2) is 24.3 Å². The molecule has 2 aromatic rings. The molecular weight excluding hydrogens is 270 g/mol. The van der Waals surface area contributed by atoms with E-state index in [0.717, 1.165) is 22.7 Å². The number of hydrogen-bond acceptors (Lipinski definition) is 4. The van der Waals surface area contributed by atoms with E-state index in [9.17, 15) is 4.79 Å². The van der Waals surface area contributed by atoms with E-state index in [2.05, 4.69) is 5.32 Å². The number of carbonyl (C=O) groups is 1. The zero-order valence-electron chi connectivity index (χ0n) is 11.3. The maximum Gasteiger partial charge on any atom is 0.335 e. The zero-order chi connectivity index (χ0) is 14.7. The lowest BCUT2D eigenvalue weighted by Crippen LogP contribution is -2.15. The third-order valence-electron chi connectivity index (χ3n) is 3.21. The van der Waals surface area contributed by atoms with E-state index in [0.29, 0.717) is 19.8 Å². The molecule has 0 radical (unpaired) electrons. The number of hydrogen-bond donors (Lipinski definition) is 2. The first-order valence-electron chi connectivity index (χ1n) is 6.68. The maximum absolute atomic E-state index is 10.9. The summed E-state index contributed by atoms with van der Waals surface area (Å²) in [5.41, 5.74) is 2.10. The first-order valence-corrected chi connectivity index (χ1v) is 6.68. The highest BCUT2D eigenvalue weighted by Gasteiger charge is 2.11. The van der Waals surface area contributed by atoms with Crippen LogP contribution in [0.3, 0.4) is 0 Å². The Bertz CT molecular complexity index is 669. The third kappa shape index (κ3) is 3.08. The molecule has 0 fully saturated rings. The fourth-order valence-corrected chi connectivity index (χ4v) is 2.17. The molecule has 0 spiro atoms. The van der Waals surface area contributed by atoms with Crippen LogP contribution in [0.5, 0.6) is 11.5 Å². The summed E-state index contributed by atoms with van der Waals surface area (Å²) >= 11 is 0. The normalized spacial score (nSPS) is 12.8. The Labute approximate surface area is 122 Å². The van der Waals surface area contributed by atoms with Crippen molar-refractivity contribution in [2.24, 2.45) is 0 Å². The molecule has 5 nitrogen and oxygen atoms in total. The number of carboxylic acid groups (broad SMARTS) is 1. The van der Waals surface area contributed by atoms with Gasteiger partial charge in [0.1, 0.15) is 13.2 Å². The summed E-state index contributed by atoms with van der Waals surface area (Å²) in [6.07, 6.45) is 0. The van der Waals surface area contributed by atoms with Crippen molar-refractivity contribution in [3.8, 4) is 11.5 Å². The molecule has 2 N–H and O–H groups in total. The second kappa shape index (κ2) is 5.75. The fourth-order valence-electron chi connectivity index (χ4n) is 2.17. The van der Waals surface area contributed by atoms with E-state index < -0.39 is 5.97 Å². The number of fused-ring (bicyclic) bond motifs is 1. The Kier molecular flexibility index (Phi) is 3.64. The molecule has 21 heavy (non-hydrogen) atoms. The number of rotatable bonds is 4. The lowest BCUT2D eigenvalue weighted by Gasteiger charge is -2.19. The smallest absolute Gasteiger partial charge is 0.335 e. The van der Waals surface area contributed by atoms with Crippen LogP contribution >= 0.6 is 0 Å². The van der Waals surface area contributed by atoms with Gasteiger partial charge in [-0.3, -0.25) is 0 Å². The molecule has 0 aromatic heterocycles. The summed E-state index contributed by atoms with van der Waals surface area (Å²) in [5, 5.41) is 12.2. The van der Waals surface area contributed by atoms with Crippen LogP contribution in [-0.2, 0) is 6.54 Å². The van der Waals surface area contributed by atoms with E-state index in [1.807, 2.05) is 24.3 Å². The highest BCUT2D eigenvalue weighted by molar-refractivity contribution is 5.87. The molecule has 0 saturated carbocycles. The van der Waals surface area contributed by atoms with Gasteiger partial charge in [-0.2, -0.15) is 0 Å². The van der Waals surface area contributed by atoms with Crippen LogP contribution in [0.2, 0.25) is 0 Å². The lowest BCUT2D eigenvalue weighted by atomic mass is 10.1. The lowest BCUT2D eigenvalue weighted by molar-refractivity contribution is 0.0697. The number of anilines is 1. The minimum Gasteiger partial charge on any atom is -0.486 e. The molecule has 1 aliphatic heterocycles. The third-order valence-corrected chi connectivity index (χ3v) is 3.21. The molecule has 0 atom stereocenters. The van der Waals surface area contributed by atoms with Crippen molar-refractivity contribution in [1.82, 2.24) is 0 Å². The molecule has 5 heteroatoms. The van der Waals surface area contributed by atoms with Gasteiger partial charge in [-0.25, -0.2) is 4.79 Å². The van der Waals surface area contributed by atoms with Crippen LogP contribution < -0.4 is 14.8 Å². The van der Waals surface area contributed by atoms with Crippen molar-refractivity contribution >= 4 is 11.7 Å². The van der Waals surface area contributed by atoms with E-state index in [1.165, 1.54) is 0 Å². The average molecular weight is 285 g/mol. The minimum absolute atomic E-state index is 0.288. The Morgan fingerprint density at radius 1 is 1.10 bits per heavy atom. The number of benzene rings is 2. The van der Waals surface area contributed by atoms with Crippen LogP contribution in [0.25, 0.3) is 0 Å². The maximum atomic E-state index is 10.9. The number of nitrogens with one attached hydrogen (secondary N) is 1. The number of carboxylic acids is 1. The van der Waals surface area contributed by atoms with Gasteiger partial charge in [-0.1, -0.05) is 12.1 Å². The number of ether oxygens (including phenoxy) is 2. The summed E-state index contributed by atoms with van der Waals surface area (Å²) in [4.78, 5) is 10.9. The van der Waals surface area contributed by atoms with E-state index >= 15 is 0 Å². The van der Waals surface area contributed by atoms with Crippen molar-refractivity contribution in [1.29, 1.82) is 0 Å². The molecule has 0 aliphatic carbocycles. The molecular formula is C16H15NO4. The van der Waals surface area contributed by atoms with E-state index in [-0.39, 0.29) is 5.56 Å². The van der Waals surface area contributed by atoms with Crippen LogP contribution in [0.1, 0.15) is 15.9 Å². The monoisotopic (exact) mass is 285 g/mol. The molecule has 0 bridgehead atoms. The van der Waals surface area contributed by atoms with Gasteiger partial charge in [0.15, 0.2) is 11.5 Å². The second-order valence-corrected chi connectivity index (χ2v) is 4.72. The Balaban J connectivity index is 1.70. The summed E-state index contributed by atoms with van der Waals surface area (Å²) < 4.78 is 11.0. The molecule has 108 valence electrons. The Morgan fingerprint density at radius 3 is 2.71 bits per heavy atom. The zero-order valence-corrected chi connectivity index (χ0v) is 11.3. The van der Waals surface area contributed by atoms with Gasteiger partial charge >= 0.3 is 5.97 Å². The van der Waals surface area contributed by atoms with Crippen molar-refractivity contribution < 1.29 is 19.4 Å².